The summed E-state index contributed by atoms with van der Waals surface area (Å²) < 4.78 is 7.10. The molecule has 0 saturated heterocycles. The van der Waals surface area contributed by atoms with E-state index >= 15 is 0 Å². The van der Waals surface area contributed by atoms with Gasteiger partial charge in [-0.2, -0.15) is 5.10 Å². The van der Waals surface area contributed by atoms with E-state index in [1.54, 1.807) is 6.20 Å². The van der Waals surface area contributed by atoms with Crippen LogP contribution in [0.1, 0.15) is 41.7 Å². The van der Waals surface area contributed by atoms with Gasteiger partial charge in [-0.25, -0.2) is 9.59 Å². The summed E-state index contributed by atoms with van der Waals surface area (Å²) in [6, 6.07) is 8.63. The van der Waals surface area contributed by atoms with Gasteiger partial charge in [0.1, 0.15) is 6.61 Å². The largest absolute Gasteiger partial charge is 0.479 e. The minimum atomic E-state index is -1.07. The van der Waals surface area contributed by atoms with E-state index in [0.29, 0.717) is 17.3 Å². The molecule has 1 aromatic heterocycles. The summed E-state index contributed by atoms with van der Waals surface area (Å²) in [5.41, 5.74) is 2.09. The Balaban J connectivity index is 1.49. The molecular formula is C17H17N3O4. The van der Waals surface area contributed by atoms with Gasteiger partial charge in [-0.3, -0.25) is 9.58 Å². The quantitative estimate of drug-likeness (QED) is 0.932. The van der Waals surface area contributed by atoms with Gasteiger partial charge >= 0.3 is 12.1 Å². The zero-order chi connectivity index (χ0) is 16.7. The lowest BCUT2D eigenvalue weighted by molar-refractivity contribution is -0.142. The van der Waals surface area contributed by atoms with Gasteiger partial charge in [0.2, 0.25) is 0 Å². The van der Waals surface area contributed by atoms with E-state index < -0.39 is 18.1 Å². The third-order valence-corrected chi connectivity index (χ3v) is 4.36. The SMILES string of the molecule is O=C(O)C1c2cn(C3CC3)nc2CN1C(=O)OCc1ccccc1. The number of rotatable bonds is 4. The molecule has 4 rings (SSSR count). The van der Waals surface area contributed by atoms with Crippen LogP contribution in [0.25, 0.3) is 0 Å². The third kappa shape index (κ3) is 2.62. The van der Waals surface area contributed by atoms with Gasteiger partial charge in [0.15, 0.2) is 6.04 Å². The standard InChI is InChI=1S/C17H17N3O4/c21-16(22)15-13-8-20(12-6-7-12)18-14(13)9-19(15)17(23)24-10-11-4-2-1-3-5-11/h1-5,8,12,15H,6-7,9-10H2,(H,21,22). The highest BCUT2D eigenvalue weighted by atomic mass is 16.6. The summed E-state index contributed by atoms with van der Waals surface area (Å²) in [4.78, 5) is 25.2. The highest BCUT2D eigenvalue weighted by Crippen LogP contribution is 2.39. The number of carbonyl (C=O) groups is 2. The van der Waals surface area contributed by atoms with Crippen molar-refractivity contribution >= 4 is 12.1 Å². The summed E-state index contributed by atoms with van der Waals surface area (Å²) in [5, 5.41) is 14.0. The molecule has 1 saturated carbocycles. The molecule has 124 valence electrons. The number of fused-ring (bicyclic) bond motifs is 1. The number of aliphatic carboxylic acids is 1. The zero-order valence-electron chi connectivity index (χ0n) is 13.0. The highest BCUT2D eigenvalue weighted by molar-refractivity contribution is 5.83. The Morgan fingerprint density at radius 3 is 2.67 bits per heavy atom. The predicted octanol–water partition coefficient (Wildman–Crippen LogP) is 2.50. The summed E-state index contributed by atoms with van der Waals surface area (Å²) in [5.74, 6) is -1.07. The maximum atomic E-state index is 12.3. The van der Waals surface area contributed by atoms with E-state index in [2.05, 4.69) is 5.10 Å². The molecule has 1 fully saturated rings. The van der Waals surface area contributed by atoms with Gasteiger partial charge in [-0.15, -0.1) is 0 Å². The number of hydrogen-bond acceptors (Lipinski definition) is 4. The van der Waals surface area contributed by atoms with Crippen LogP contribution in [-0.4, -0.2) is 31.8 Å². The van der Waals surface area contributed by atoms with Crippen LogP contribution in [-0.2, 0) is 22.7 Å². The normalized spacial score (nSPS) is 19.2. The first-order valence-electron chi connectivity index (χ1n) is 7.91. The second-order valence-electron chi connectivity index (χ2n) is 6.15. The van der Waals surface area contributed by atoms with Crippen molar-refractivity contribution < 1.29 is 19.4 Å². The Kier molecular flexibility index (Phi) is 3.48. The van der Waals surface area contributed by atoms with Crippen molar-refractivity contribution in [3.05, 3.63) is 53.3 Å². The summed E-state index contributed by atoms with van der Waals surface area (Å²) in [6.07, 6.45) is 3.26. The Morgan fingerprint density at radius 2 is 2.00 bits per heavy atom. The third-order valence-electron chi connectivity index (χ3n) is 4.36. The minimum Gasteiger partial charge on any atom is -0.479 e. The molecule has 2 aromatic rings. The van der Waals surface area contributed by atoms with E-state index in [1.807, 2.05) is 35.0 Å². The lowest BCUT2D eigenvalue weighted by atomic mass is 10.1. The first-order chi connectivity index (χ1) is 11.6. The molecule has 1 amide bonds. The minimum absolute atomic E-state index is 0.113. The van der Waals surface area contributed by atoms with E-state index in [4.69, 9.17) is 4.74 Å². The second-order valence-corrected chi connectivity index (χ2v) is 6.15. The van der Waals surface area contributed by atoms with Crippen LogP contribution in [0.15, 0.2) is 36.5 Å². The van der Waals surface area contributed by atoms with Crippen LogP contribution >= 0.6 is 0 Å². The number of ether oxygens (including phenoxy) is 1. The van der Waals surface area contributed by atoms with Crippen molar-refractivity contribution in [2.75, 3.05) is 0 Å². The van der Waals surface area contributed by atoms with Crippen molar-refractivity contribution in [3.63, 3.8) is 0 Å². The number of carboxylic acids is 1. The summed E-state index contributed by atoms with van der Waals surface area (Å²) >= 11 is 0. The van der Waals surface area contributed by atoms with Crippen molar-refractivity contribution in [3.8, 4) is 0 Å². The fourth-order valence-electron chi connectivity index (χ4n) is 2.98. The van der Waals surface area contributed by atoms with Crippen molar-refractivity contribution in [1.29, 1.82) is 0 Å². The maximum Gasteiger partial charge on any atom is 0.411 e. The van der Waals surface area contributed by atoms with E-state index in [1.165, 1.54) is 4.90 Å². The molecule has 1 atom stereocenters. The predicted molar refractivity (Wildman–Crippen MR) is 83.0 cm³/mol. The number of carbonyl (C=O) groups excluding carboxylic acids is 1. The molecule has 24 heavy (non-hydrogen) atoms. The van der Waals surface area contributed by atoms with Crippen LogP contribution in [0.4, 0.5) is 4.79 Å². The smallest absolute Gasteiger partial charge is 0.411 e. The molecule has 1 aliphatic heterocycles. The number of hydrogen-bond donors (Lipinski definition) is 1. The molecule has 7 nitrogen and oxygen atoms in total. The molecule has 0 radical (unpaired) electrons. The average Bonchev–Trinajstić information content (AvgIpc) is 3.24. The molecular weight excluding hydrogens is 310 g/mol. The van der Waals surface area contributed by atoms with Crippen LogP contribution < -0.4 is 0 Å². The molecule has 0 spiro atoms. The average molecular weight is 327 g/mol. The number of nitrogens with zero attached hydrogens (tertiary/aromatic N) is 3. The molecule has 7 heteroatoms. The lowest BCUT2D eigenvalue weighted by Gasteiger charge is -2.21. The van der Waals surface area contributed by atoms with Crippen LogP contribution in [0.2, 0.25) is 0 Å². The van der Waals surface area contributed by atoms with Gasteiger partial charge in [-0.05, 0) is 18.4 Å². The first kappa shape index (κ1) is 14.7. The van der Waals surface area contributed by atoms with Crippen molar-refractivity contribution in [1.82, 2.24) is 14.7 Å². The molecule has 1 N–H and O–H groups in total. The van der Waals surface area contributed by atoms with Crippen LogP contribution in [0.5, 0.6) is 0 Å². The molecule has 2 aliphatic rings. The first-order valence-corrected chi connectivity index (χ1v) is 7.91. The highest BCUT2D eigenvalue weighted by Gasteiger charge is 2.42. The Bertz CT molecular complexity index is 782. The monoisotopic (exact) mass is 327 g/mol. The molecule has 0 bridgehead atoms. The van der Waals surface area contributed by atoms with Crippen LogP contribution in [0.3, 0.4) is 0 Å². The fourth-order valence-corrected chi connectivity index (χ4v) is 2.98. The molecule has 1 aliphatic carbocycles. The second kappa shape index (κ2) is 5.67. The number of amides is 1. The Labute approximate surface area is 138 Å². The van der Waals surface area contributed by atoms with E-state index in [9.17, 15) is 14.7 Å². The van der Waals surface area contributed by atoms with Crippen molar-refractivity contribution in [2.45, 2.75) is 38.1 Å². The van der Waals surface area contributed by atoms with Gasteiger partial charge in [-0.1, -0.05) is 30.3 Å². The Morgan fingerprint density at radius 1 is 1.25 bits per heavy atom. The molecule has 1 aromatic carbocycles. The lowest BCUT2D eigenvalue weighted by Crippen LogP contribution is -2.34. The number of benzene rings is 1. The molecule has 2 heterocycles. The van der Waals surface area contributed by atoms with Crippen molar-refractivity contribution in [2.24, 2.45) is 0 Å². The topological polar surface area (TPSA) is 84.7 Å². The Hall–Kier alpha value is -2.83. The zero-order valence-corrected chi connectivity index (χ0v) is 13.0. The van der Waals surface area contributed by atoms with E-state index in [0.717, 1.165) is 18.4 Å². The molecule has 1 unspecified atom stereocenters. The fraction of sp³-hybridized carbons (Fsp3) is 0.353. The number of carboxylic acid groups (broad SMARTS) is 1. The number of aromatic nitrogens is 2. The van der Waals surface area contributed by atoms with Gasteiger partial charge < -0.3 is 9.84 Å². The van der Waals surface area contributed by atoms with Gasteiger partial charge in [0.25, 0.3) is 0 Å². The van der Waals surface area contributed by atoms with Crippen LogP contribution in [0, 0.1) is 0 Å². The summed E-state index contributed by atoms with van der Waals surface area (Å²) in [7, 11) is 0. The summed E-state index contributed by atoms with van der Waals surface area (Å²) in [6.45, 7) is 0.280. The van der Waals surface area contributed by atoms with E-state index in [-0.39, 0.29) is 13.2 Å². The van der Waals surface area contributed by atoms with Gasteiger partial charge in [0, 0.05) is 11.8 Å². The maximum absolute atomic E-state index is 12.3. The van der Waals surface area contributed by atoms with Gasteiger partial charge in [0.05, 0.1) is 18.3 Å².